The first-order chi connectivity index (χ1) is 6.40. The zero-order valence-corrected chi connectivity index (χ0v) is 9.84. The first-order valence-electron chi connectivity index (χ1n) is 4.38. The van der Waals surface area contributed by atoms with Gasteiger partial charge in [0.05, 0.1) is 5.52 Å². The topological polar surface area (TPSA) is 87.9 Å². The van der Waals surface area contributed by atoms with Gasteiger partial charge in [-0.05, 0) is 24.7 Å². The second-order valence-corrected chi connectivity index (χ2v) is 3.07. The van der Waals surface area contributed by atoms with E-state index in [9.17, 15) is 0 Å². The second kappa shape index (κ2) is 8.01. The van der Waals surface area contributed by atoms with Crippen molar-refractivity contribution in [1.29, 1.82) is 0 Å². The van der Waals surface area contributed by atoms with Crippen LogP contribution in [0.25, 0.3) is 10.9 Å². The Hall–Kier alpha value is -1.20. The highest BCUT2D eigenvalue weighted by atomic mass is 35.5. The Balaban J connectivity index is 0. The molecule has 0 saturated heterocycles. The van der Waals surface area contributed by atoms with Gasteiger partial charge in [-0.2, -0.15) is 0 Å². The molecule has 0 fully saturated rings. The molecule has 0 radical (unpaired) electrons. The lowest BCUT2D eigenvalue weighted by Crippen LogP contribution is -2.05. The third-order valence-electron chi connectivity index (χ3n) is 2.03. The Morgan fingerprint density at radius 1 is 1.19 bits per heavy atom. The molecule has 16 heavy (non-hydrogen) atoms. The molecule has 1 aromatic carbocycles. The number of halogens is 1. The van der Waals surface area contributed by atoms with Crippen molar-refractivity contribution >= 4 is 23.3 Å². The Labute approximate surface area is 101 Å². The smallest absolute Gasteiger partial charge is 0.0702 e. The third kappa shape index (κ3) is 3.75. The number of hydrogen-bond acceptors (Lipinski definition) is 2. The molecule has 0 aliphatic rings. The van der Waals surface area contributed by atoms with Crippen molar-refractivity contribution in [2.45, 2.75) is 6.54 Å². The predicted molar refractivity (Wildman–Crippen MR) is 69.0 cm³/mol. The largest absolute Gasteiger partial charge is 0.412 e. The van der Waals surface area contributed by atoms with Gasteiger partial charge in [-0.1, -0.05) is 18.2 Å². The van der Waals surface area contributed by atoms with Gasteiger partial charge < -0.3 is 16.3 Å². The zero-order valence-electron chi connectivity index (χ0n) is 9.03. The lowest BCUT2D eigenvalue weighted by molar-refractivity contribution is 0.815. The second-order valence-electron chi connectivity index (χ2n) is 3.07. The van der Waals surface area contributed by atoms with E-state index in [2.05, 4.69) is 22.4 Å². The lowest BCUT2D eigenvalue weighted by atomic mass is 10.1. The van der Waals surface area contributed by atoms with Gasteiger partial charge >= 0.3 is 0 Å². The Kier molecular flexibility index (Phi) is 8.61. The highest BCUT2D eigenvalue weighted by Crippen LogP contribution is 2.12. The summed E-state index contributed by atoms with van der Waals surface area (Å²) in [6, 6.07) is 10.3. The van der Waals surface area contributed by atoms with E-state index in [-0.39, 0.29) is 23.4 Å². The Morgan fingerprint density at radius 2 is 1.88 bits per heavy atom. The van der Waals surface area contributed by atoms with E-state index in [4.69, 9.17) is 0 Å². The highest BCUT2D eigenvalue weighted by Gasteiger charge is 1.95. The van der Waals surface area contributed by atoms with Crippen molar-refractivity contribution in [3.8, 4) is 0 Å². The van der Waals surface area contributed by atoms with E-state index in [1.54, 1.807) is 0 Å². The van der Waals surface area contributed by atoms with Gasteiger partial charge in [0, 0.05) is 18.1 Å². The van der Waals surface area contributed by atoms with Crippen molar-refractivity contribution in [3.63, 3.8) is 0 Å². The fourth-order valence-corrected chi connectivity index (χ4v) is 1.42. The molecule has 0 saturated carbocycles. The number of pyridine rings is 1. The molecule has 5 N–H and O–H groups in total. The van der Waals surface area contributed by atoms with Gasteiger partial charge in [0.1, 0.15) is 0 Å². The molecular formula is C11H17ClN2O2. The molecule has 0 atom stereocenters. The van der Waals surface area contributed by atoms with E-state index >= 15 is 0 Å². The average Bonchev–Trinajstić information content (AvgIpc) is 2.18. The fraction of sp³-hybridized carbons (Fsp3) is 0.182. The van der Waals surface area contributed by atoms with Crippen molar-refractivity contribution < 1.29 is 11.0 Å². The number of fused-ring (bicyclic) bond motifs is 1. The summed E-state index contributed by atoms with van der Waals surface area (Å²) < 4.78 is 0. The van der Waals surface area contributed by atoms with Crippen LogP contribution in [-0.2, 0) is 6.54 Å². The van der Waals surface area contributed by atoms with E-state index in [1.807, 2.05) is 31.4 Å². The zero-order chi connectivity index (χ0) is 9.10. The van der Waals surface area contributed by atoms with Gasteiger partial charge in [-0.3, -0.25) is 4.98 Å². The van der Waals surface area contributed by atoms with Crippen LogP contribution in [0.5, 0.6) is 0 Å². The third-order valence-corrected chi connectivity index (χ3v) is 2.03. The first-order valence-corrected chi connectivity index (χ1v) is 4.38. The average molecular weight is 245 g/mol. The number of nitrogens with zero attached hydrogens (tertiary/aromatic N) is 1. The maximum atomic E-state index is 4.36. The minimum absolute atomic E-state index is 0. The quantitative estimate of drug-likeness (QED) is 0.844. The van der Waals surface area contributed by atoms with Crippen LogP contribution in [0.2, 0.25) is 0 Å². The van der Waals surface area contributed by atoms with E-state index in [1.165, 1.54) is 10.9 Å². The molecule has 5 heteroatoms. The van der Waals surface area contributed by atoms with Crippen LogP contribution in [0.15, 0.2) is 36.5 Å². The Bertz CT molecular complexity index is 423. The summed E-state index contributed by atoms with van der Waals surface area (Å²) >= 11 is 0. The van der Waals surface area contributed by atoms with Gasteiger partial charge in [0.15, 0.2) is 0 Å². The Morgan fingerprint density at radius 3 is 2.56 bits per heavy atom. The van der Waals surface area contributed by atoms with Crippen LogP contribution >= 0.6 is 12.4 Å². The molecule has 4 nitrogen and oxygen atoms in total. The monoisotopic (exact) mass is 244 g/mol. The first kappa shape index (κ1) is 17.2. The summed E-state index contributed by atoms with van der Waals surface area (Å²) in [4.78, 5) is 4.36. The maximum Gasteiger partial charge on any atom is 0.0702 e. The SMILES string of the molecule is CNCc1cnc2ccccc2c1.Cl.O.O. The van der Waals surface area contributed by atoms with Crippen LogP contribution < -0.4 is 5.32 Å². The van der Waals surface area contributed by atoms with Crippen molar-refractivity contribution in [1.82, 2.24) is 10.3 Å². The van der Waals surface area contributed by atoms with E-state index in [0.29, 0.717) is 0 Å². The standard InChI is InChI=1S/C11H12N2.ClH.2H2O/c1-12-7-9-6-10-4-2-3-5-11(10)13-8-9;;;/h2-6,8,12H,7H2,1H3;1H;2*1H2. The summed E-state index contributed by atoms with van der Waals surface area (Å²) in [5.41, 5.74) is 2.28. The number of benzene rings is 1. The van der Waals surface area contributed by atoms with Crippen molar-refractivity contribution in [3.05, 3.63) is 42.1 Å². The predicted octanol–water partition coefficient (Wildman–Crippen LogP) is 0.727. The number of hydrogen-bond donors (Lipinski definition) is 1. The number of para-hydroxylation sites is 1. The van der Waals surface area contributed by atoms with E-state index < -0.39 is 0 Å². The minimum Gasteiger partial charge on any atom is -0.412 e. The molecule has 0 aliphatic carbocycles. The molecule has 90 valence electrons. The minimum atomic E-state index is 0. The lowest BCUT2D eigenvalue weighted by Gasteiger charge is -2.01. The van der Waals surface area contributed by atoms with Crippen LogP contribution in [0.3, 0.4) is 0 Å². The fourth-order valence-electron chi connectivity index (χ4n) is 1.42. The highest BCUT2D eigenvalue weighted by molar-refractivity contribution is 5.85. The molecule has 2 rings (SSSR count). The summed E-state index contributed by atoms with van der Waals surface area (Å²) in [6.45, 7) is 0.873. The maximum absolute atomic E-state index is 4.36. The van der Waals surface area contributed by atoms with Crippen LogP contribution in [0.4, 0.5) is 0 Å². The molecule has 1 heterocycles. The molecule has 0 aliphatic heterocycles. The molecule has 0 unspecified atom stereocenters. The molecule has 1 aromatic heterocycles. The van der Waals surface area contributed by atoms with Crippen LogP contribution in [-0.4, -0.2) is 23.0 Å². The number of aromatic nitrogens is 1. The van der Waals surface area contributed by atoms with Gasteiger partial charge in [-0.15, -0.1) is 12.4 Å². The number of nitrogens with one attached hydrogen (secondary N) is 1. The molecule has 0 bridgehead atoms. The molecular weight excluding hydrogens is 228 g/mol. The normalized spacial score (nSPS) is 8.56. The van der Waals surface area contributed by atoms with Crippen LogP contribution in [0.1, 0.15) is 5.56 Å². The van der Waals surface area contributed by atoms with Crippen LogP contribution in [0, 0.1) is 0 Å². The molecule has 2 aromatic rings. The van der Waals surface area contributed by atoms with Gasteiger partial charge in [-0.25, -0.2) is 0 Å². The molecule has 0 spiro atoms. The summed E-state index contributed by atoms with van der Waals surface area (Å²) in [6.07, 6.45) is 1.92. The van der Waals surface area contributed by atoms with Gasteiger partial charge in [0.2, 0.25) is 0 Å². The van der Waals surface area contributed by atoms with Crippen molar-refractivity contribution in [2.24, 2.45) is 0 Å². The van der Waals surface area contributed by atoms with Crippen molar-refractivity contribution in [2.75, 3.05) is 7.05 Å². The summed E-state index contributed by atoms with van der Waals surface area (Å²) in [7, 11) is 1.94. The van der Waals surface area contributed by atoms with E-state index in [0.717, 1.165) is 12.1 Å². The molecule has 0 amide bonds. The summed E-state index contributed by atoms with van der Waals surface area (Å²) in [5, 5.41) is 4.31. The van der Waals surface area contributed by atoms with Gasteiger partial charge in [0.25, 0.3) is 0 Å². The number of rotatable bonds is 2. The summed E-state index contributed by atoms with van der Waals surface area (Å²) in [5.74, 6) is 0.